The Morgan fingerprint density at radius 2 is 1.46 bits per heavy atom. The lowest BCUT2D eigenvalue weighted by molar-refractivity contribution is 0.0709. The average Bonchev–Trinajstić information content (AvgIpc) is 2.89. The standard InChI is InChI=1S/C20H17Br2NO3/c1-20(2)12-26-18(11-17(24)13-3-7-15(21)8-4-13)23(20)19(25)14-5-9-16(22)10-6-14/h3-11H,12H2,1-2H3/b18-11-. The van der Waals surface area contributed by atoms with Gasteiger partial charge >= 0.3 is 0 Å². The van der Waals surface area contributed by atoms with Crippen molar-refractivity contribution >= 4 is 43.6 Å². The summed E-state index contributed by atoms with van der Waals surface area (Å²) >= 11 is 6.72. The zero-order valence-corrected chi connectivity index (χ0v) is 17.5. The minimum absolute atomic E-state index is 0.199. The number of hydrogen-bond donors (Lipinski definition) is 0. The Kier molecular flexibility index (Phi) is 5.34. The molecule has 0 atom stereocenters. The fourth-order valence-corrected chi connectivity index (χ4v) is 3.22. The molecule has 1 amide bonds. The Hall–Kier alpha value is -1.92. The lowest BCUT2D eigenvalue weighted by atomic mass is 10.0. The van der Waals surface area contributed by atoms with Crippen molar-refractivity contribution in [1.29, 1.82) is 0 Å². The molecule has 0 radical (unpaired) electrons. The van der Waals surface area contributed by atoms with Crippen molar-refractivity contribution in [2.45, 2.75) is 19.4 Å². The van der Waals surface area contributed by atoms with Crippen molar-refractivity contribution in [1.82, 2.24) is 4.90 Å². The molecule has 0 aliphatic carbocycles. The molecule has 1 fully saturated rings. The molecule has 0 saturated carbocycles. The van der Waals surface area contributed by atoms with Crippen LogP contribution < -0.4 is 0 Å². The second-order valence-corrected chi connectivity index (χ2v) is 8.43. The van der Waals surface area contributed by atoms with Gasteiger partial charge in [-0.1, -0.05) is 31.9 Å². The summed E-state index contributed by atoms with van der Waals surface area (Å²) in [4.78, 5) is 27.1. The molecule has 2 aromatic carbocycles. The van der Waals surface area contributed by atoms with Crippen LogP contribution in [0.3, 0.4) is 0 Å². The number of benzene rings is 2. The Bertz CT molecular complexity index is 871. The highest BCUT2D eigenvalue weighted by atomic mass is 79.9. The van der Waals surface area contributed by atoms with Crippen LogP contribution in [0.15, 0.2) is 69.4 Å². The first-order valence-corrected chi connectivity index (χ1v) is 9.61. The van der Waals surface area contributed by atoms with Gasteiger partial charge in [-0.2, -0.15) is 0 Å². The number of allylic oxidation sites excluding steroid dienone is 1. The normalized spacial score (nSPS) is 17.2. The number of amides is 1. The first-order valence-electron chi connectivity index (χ1n) is 8.02. The second kappa shape index (κ2) is 7.37. The van der Waals surface area contributed by atoms with Gasteiger partial charge in [0.05, 0.1) is 5.54 Å². The number of hydrogen-bond acceptors (Lipinski definition) is 3. The van der Waals surface area contributed by atoms with Crippen LogP contribution in [0.4, 0.5) is 0 Å². The van der Waals surface area contributed by atoms with Crippen molar-refractivity contribution in [3.63, 3.8) is 0 Å². The molecule has 3 rings (SSSR count). The summed E-state index contributed by atoms with van der Waals surface area (Å²) in [6, 6.07) is 14.2. The first kappa shape index (κ1) is 18.9. The molecule has 26 heavy (non-hydrogen) atoms. The number of nitrogens with zero attached hydrogens (tertiary/aromatic N) is 1. The minimum Gasteiger partial charge on any atom is -0.476 e. The molecule has 1 heterocycles. The van der Waals surface area contributed by atoms with Crippen molar-refractivity contribution in [3.05, 3.63) is 80.6 Å². The topological polar surface area (TPSA) is 46.6 Å². The highest BCUT2D eigenvalue weighted by Gasteiger charge is 2.42. The molecule has 0 unspecified atom stereocenters. The van der Waals surface area contributed by atoms with Gasteiger partial charge < -0.3 is 4.74 Å². The molecule has 6 heteroatoms. The van der Waals surface area contributed by atoms with E-state index in [0.29, 0.717) is 17.7 Å². The van der Waals surface area contributed by atoms with Crippen LogP contribution in [-0.2, 0) is 4.74 Å². The predicted octanol–water partition coefficient (Wildman–Crippen LogP) is 5.19. The molecule has 134 valence electrons. The highest BCUT2D eigenvalue weighted by Crippen LogP contribution is 2.32. The summed E-state index contributed by atoms with van der Waals surface area (Å²) in [5.41, 5.74) is 0.523. The molecule has 4 nitrogen and oxygen atoms in total. The van der Waals surface area contributed by atoms with Gasteiger partial charge in [0.1, 0.15) is 6.61 Å². The van der Waals surface area contributed by atoms with Crippen LogP contribution >= 0.6 is 31.9 Å². The zero-order chi connectivity index (χ0) is 18.9. The number of halogens is 2. The number of ether oxygens (including phenoxy) is 1. The van der Waals surface area contributed by atoms with E-state index in [0.717, 1.165) is 8.95 Å². The third kappa shape index (κ3) is 3.91. The van der Waals surface area contributed by atoms with E-state index >= 15 is 0 Å². The van der Waals surface area contributed by atoms with E-state index in [-0.39, 0.29) is 17.6 Å². The van der Waals surface area contributed by atoms with Gasteiger partial charge in [0.25, 0.3) is 5.91 Å². The van der Waals surface area contributed by atoms with E-state index in [4.69, 9.17) is 4.74 Å². The van der Waals surface area contributed by atoms with Gasteiger partial charge in [-0.15, -0.1) is 0 Å². The van der Waals surface area contributed by atoms with Gasteiger partial charge in [0.15, 0.2) is 5.78 Å². The van der Waals surface area contributed by atoms with E-state index in [2.05, 4.69) is 31.9 Å². The third-order valence-electron chi connectivity index (χ3n) is 4.08. The number of carbonyl (C=O) groups excluding carboxylic acids is 2. The van der Waals surface area contributed by atoms with Gasteiger partial charge in [0, 0.05) is 26.1 Å². The van der Waals surface area contributed by atoms with Gasteiger partial charge in [-0.25, -0.2) is 0 Å². The average molecular weight is 479 g/mol. The summed E-state index contributed by atoms with van der Waals surface area (Å²) in [5.74, 6) is -0.135. The lowest BCUT2D eigenvalue weighted by Crippen LogP contribution is -2.43. The maximum atomic E-state index is 13.0. The fourth-order valence-electron chi connectivity index (χ4n) is 2.69. The maximum absolute atomic E-state index is 13.0. The van der Waals surface area contributed by atoms with E-state index in [1.807, 2.05) is 26.0 Å². The Labute approximate surface area is 169 Å². The van der Waals surface area contributed by atoms with E-state index < -0.39 is 5.54 Å². The van der Waals surface area contributed by atoms with Gasteiger partial charge in [-0.3, -0.25) is 14.5 Å². The van der Waals surface area contributed by atoms with Crippen LogP contribution in [0, 0.1) is 0 Å². The van der Waals surface area contributed by atoms with Gasteiger partial charge in [0.2, 0.25) is 5.88 Å². The molecule has 0 aromatic heterocycles. The van der Waals surface area contributed by atoms with Crippen LogP contribution in [0.2, 0.25) is 0 Å². The molecular formula is C20H17Br2NO3. The monoisotopic (exact) mass is 477 g/mol. The Balaban J connectivity index is 1.92. The van der Waals surface area contributed by atoms with Crippen molar-refractivity contribution in [2.24, 2.45) is 0 Å². The SMILES string of the molecule is CC1(C)CO/C(=C\C(=O)c2ccc(Br)cc2)N1C(=O)c1ccc(Br)cc1. The summed E-state index contributed by atoms with van der Waals surface area (Å²) < 4.78 is 7.48. The number of rotatable bonds is 3. The van der Waals surface area contributed by atoms with Crippen molar-refractivity contribution in [2.75, 3.05) is 6.61 Å². The molecule has 0 bridgehead atoms. The molecule has 2 aromatic rings. The van der Waals surface area contributed by atoms with Crippen LogP contribution in [0.1, 0.15) is 34.6 Å². The zero-order valence-electron chi connectivity index (χ0n) is 14.3. The largest absolute Gasteiger partial charge is 0.476 e. The maximum Gasteiger partial charge on any atom is 0.261 e. The molecule has 1 aliphatic rings. The predicted molar refractivity (Wildman–Crippen MR) is 107 cm³/mol. The first-order chi connectivity index (χ1) is 12.3. The second-order valence-electron chi connectivity index (χ2n) is 6.60. The Morgan fingerprint density at radius 3 is 2.00 bits per heavy atom. The number of ketones is 1. The lowest BCUT2D eigenvalue weighted by Gasteiger charge is -2.28. The van der Waals surface area contributed by atoms with E-state index in [1.54, 1.807) is 41.3 Å². The van der Waals surface area contributed by atoms with E-state index in [9.17, 15) is 9.59 Å². The fraction of sp³-hybridized carbons (Fsp3) is 0.200. The summed E-state index contributed by atoms with van der Waals surface area (Å²) in [7, 11) is 0. The minimum atomic E-state index is -0.546. The smallest absolute Gasteiger partial charge is 0.261 e. The summed E-state index contributed by atoms with van der Waals surface area (Å²) in [6.45, 7) is 4.15. The third-order valence-corrected chi connectivity index (χ3v) is 5.13. The van der Waals surface area contributed by atoms with Gasteiger partial charge in [-0.05, 0) is 62.4 Å². The molecular weight excluding hydrogens is 462 g/mol. The highest BCUT2D eigenvalue weighted by molar-refractivity contribution is 9.10. The van der Waals surface area contributed by atoms with Crippen molar-refractivity contribution < 1.29 is 14.3 Å². The molecule has 1 saturated heterocycles. The Morgan fingerprint density at radius 1 is 0.962 bits per heavy atom. The molecule has 0 N–H and O–H groups in total. The van der Waals surface area contributed by atoms with E-state index in [1.165, 1.54) is 6.08 Å². The summed E-state index contributed by atoms with van der Waals surface area (Å²) in [5, 5.41) is 0. The van der Waals surface area contributed by atoms with Crippen LogP contribution in [0.5, 0.6) is 0 Å². The summed E-state index contributed by atoms with van der Waals surface area (Å²) in [6.07, 6.45) is 1.38. The molecule has 1 aliphatic heterocycles. The quantitative estimate of drug-likeness (QED) is 0.450. The van der Waals surface area contributed by atoms with Crippen LogP contribution in [0.25, 0.3) is 0 Å². The molecule has 0 spiro atoms. The van der Waals surface area contributed by atoms with Crippen molar-refractivity contribution in [3.8, 4) is 0 Å². The number of carbonyl (C=O) groups is 2. The van der Waals surface area contributed by atoms with Crippen LogP contribution in [-0.4, -0.2) is 28.7 Å².